The van der Waals surface area contributed by atoms with Gasteiger partial charge in [0.25, 0.3) is 10.0 Å². The van der Waals surface area contributed by atoms with Gasteiger partial charge < -0.3 is 5.73 Å². The number of hydrogen-bond donors (Lipinski definition) is 2. The Morgan fingerprint density at radius 2 is 1.94 bits per heavy atom. The molecule has 8 heteroatoms. The lowest BCUT2D eigenvalue weighted by Crippen LogP contribution is -2.12. The van der Waals surface area contributed by atoms with Crippen LogP contribution >= 0.6 is 11.3 Å². The average Bonchev–Trinajstić information content (AvgIpc) is 2.76. The van der Waals surface area contributed by atoms with Crippen molar-refractivity contribution in [2.45, 2.75) is 18.4 Å². The topological polar surface area (TPSA) is 98.0 Å². The fraction of sp³-hybridized carbons (Fsp3) is 0.200. The van der Waals surface area contributed by atoms with Crippen LogP contribution in [0.25, 0.3) is 0 Å². The van der Waals surface area contributed by atoms with Gasteiger partial charge in [-0.15, -0.1) is 10.2 Å². The SMILES string of the molecule is Cc1ccc(S(=O)(=O)Nc2nnc(CN)s2)cc1. The second kappa shape index (κ2) is 5.01. The summed E-state index contributed by atoms with van der Waals surface area (Å²) in [5.41, 5.74) is 6.38. The summed E-state index contributed by atoms with van der Waals surface area (Å²) in [5.74, 6) is 0. The predicted molar refractivity (Wildman–Crippen MR) is 69.8 cm³/mol. The number of nitrogens with two attached hydrogens (primary N) is 1. The third-order valence-corrected chi connectivity index (χ3v) is 4.54. The summed E-state index contributed by atoms with van der Waals surface area (Å²) in [6.07, 6.45) is 0. The highest BCUT2D eigenvalue weighted by atomic mass is 32.2. The molecule has 0 aliphatic rings. The summed E-state index contributed by atoms with van der Waals surface area (Å²) in [6, 6.07) is 6.56. The molecule has 0 saturated heterocycles. The quantitative estimate of drug-likeness (QED) is 0.876. The summed E-state index contributed by atoms with van der Waals surface area (Å²) < 4.78 is 26.4. The highest BCUT2D eigenvalue weighted by molar-refractivity contribution is 7.93. The lowest BCUT2D eigenvalue weighted by molar-refractivity contribution is 0.601. The fourth-order valence-electron chi connectivity index (χ4n) is 1.27. The number of nitrogens with one attached hydrogen (secondary N) is 1. The van der Waals surface area contributed by atoms with Crippen LogP contribution in [0.5, 0.6) is 0 Å². The van der Waals surface area contributed by atoms with Gasteiger partial charge in [-0.1, -0.05) is 29.0 Å². The van der Waals surface area contributed by atoms with Crippen molar-refractivity contribution in [2.75, 3.05) is 4.72 Å². The Hall–Kier alpha value is -1.51. The summed E-state index contributed by atoms with van der Waals surface area (Å²) >= 11 is 1.12. The maximum atomic E-state index is 12.0. The molecule has 0 aliphatic heterocycles. The van der Waals surface area contributed by atoms with Gasteiger partial charge in [-0.3, -0.25) is 4.72 Å². The van der Waals surface area contributed by atoms with E-state index >= 15 is 0 Å². The van der Waals surface area contributed by atoms with E-state index in [0.29, 0.717) is 5.01 Å². The van der Waals surface area contributed by atoms with Gasteiger partial charge in [0, 0.05) is 6.54 Å². The van der Waals surface area contributed by atoms with Crippen LogP contribution in [0.3, 0.4) is 0 Å². The standard InChI is InChI=1S/C10H12N4O2S2/c1-7-2-4-8(5-3-7)18(15,16)14-10-13-12-9(6-11)17-10/h2-5H,6,11H2,1H3,(H,13,14). The highest BCUT2D eigenvalue weighted by Crippen LogP contribution is 2.19. The molecule has 0 amide bonds. The van der Waals surface area contributed by atoms with Crippen molar-refractivity contribution in [1.82, 2.24) is 10.2 Å². The van der Waals surface area contributed by atoms with Gasteiger partial charge in [0.1, 0.15) is 5.01 Å². The van der Waals surface area contributed by atoms with Crippen molar-refractivity contribution in [2.24, 2.45) is 5.73 Å². The van der Waals surface area contributed by atoms with Gasteiger partial charge in [0.2, 0.25) is 5.13 Å². The van der Waals surface area contributed by atoms with Crippen molar-refractivity contribution >= 4 is 26.5 Å². The number of anilines is 1. The molecule has 0 saturated carbocycles. The molecule has 1 aromatic heterocycles. The molecule has 18 heavy (non-hydrogen) atoms. The Kier molecular flexibility index (Phi) is 3.60. The fourth-order valence-corrected chi connectivity index (χ4v) is 3.12. The average molecular weight is 284 g/mol. The van der Waals surface area contributed by atoms with Crippen LogP contribution in [-0.4, -0.2) is 18.6 Å². The molecule has 3 N–H and O–H groups in total. The van der Waals surface area contributed by atoms with Crippen molar-refractivity contribution in [3.8, 4) is 0 Å². The van der Waals surface area contributed by atoms with Gasteiger partial charge in [0.05, 0.1) is 4.90 Å². The Morgan fingerprint density at radius 3 is 2.50 bits per heavy atom. The number of aryl methyl sites for hydroxylation is 1. The summed E-state index contributed by atoms with van der Waals surface area (Å²) in [7, 11) is -3.61. The molecule has 0 aliphatic carbocycles. The van der Waals surface area contributed by atoms with E-state index in [9.17, 15) is 8.42 Å². The highest BCUT2D eigenvalue weighted by Gasteiger charge is 2.16. The van der Waals surface area contributed by atoms with Crippen LogP contribution in [0.2, 0.25) is 0 Å². The van der Waals surface area contributed by atoms with Gasteiger partial charge in [0.15, 0.2) is 0 Å². The molecule has 0 spiro atoms. The van der Waals surface area contributed by atoms with E-state index in [0.717, 1.165) is 16.9 Å². The minimum absolute atomic E-state index is 0.192. The Labute approximate surface area is 109 Å². The number of hydrogen-bond acceptors (Lipinski definition) is 6. The van der Waals surface area contributed by atoms with Crippen LogP contribution in [0, 0.1) is 6.92 Å². The Morgan fingerprint density at radius 1 is 1.28 bits per heavy atom. The zero-order valence-corrected chi connectivity index (χ0v) is 11.3. The molecule has 0 radical (unpaired) electrons. The number of nitrogens with zero attached hydrogens (tertiary/aromatic N) is 2. The first-order chi connectivity index (χ1) is 8.51. The summed E-state index contributed by atoms with van der Waals surface area (Å²) in [5, 5.41) is 8.26. The monoisotopic (exact) mass is 284 g/mol. The second-order valence-electron chi connectivity index (χ2n) is 3.62. The molecule has 96 valence electrons. The minimum Gasteiger partial charge on any atom is -0.324 e. The molecule has 2 rings (SSSR count). The molecule has 0 unspecified atom stereocenters. The maximum Gasteiger partial charge on any atom is 0.263 e. The minimum atomic E-state index is -3.61. The first kappa shape index (κ1) is 12.9. The van der Waals surface area contributed by atoms with E-state index in [1.807, 2.05) is 6.92 Å². The molecule has 0 atom stereocenters. The summed E-state index contributed by atoms with van der Waals surface area (Å²) in [4.78, 5) is 0.192. The zero-order chi connectivity index (χ0) is 13.2. The van der Waals surface area contributed by atoms with Crippen molar-refractivity contribution in [3.05, 3.63) is 34.8 Å². The number of sulfonamides is 1. The number of rotatable bonds is 4. The number of benzene rings is 1. The molecular formula is C10H12N4O2S2. The van der Waals surface area contributed by atoms with Crippen LogP contribution in [-0.2, 0) is 16.6 Å². The first-order valence-electron chi connectivity index (χ1n) is 5.13. The largest absolute Gasteiger partial charge is 0.324 e. The molecule has 6 nitrogen and oxygen atoms in total. The third kappa shape index (κ3) is 2.84. The van der Waals surface area contributed by atoms with E-state index in [2.05, 4.69) is 14.9 Å². The number of aromatic nitrogens is 2. The molecule has 1 aromatic carbocycles. The van der Waals surface area contributed by atoms with Gasteiger partial charge in [-0.05, 0) is 19.1 Å². The van der Waals surface area contributed by atoms with Crippen LogP contribution < -0.4 is 10.5 Å². The van der Waals surface area contributed by atoms with Crippen molar-refractivity contribution in [3.63, 3.8) is 0 Å². The van der Waals surface area contributed by atoms with E-state index < -0.39 is 10.0 Å². The molecular weight excluding hydrogens is 272 g/mol. The molecule has 0 bridgehead atoms. The van der Waals surface area contributed by atoms with Crippen LogP contribution in [0.15, 0.2) is 29.2 Å². The van der Waals surface area contributed by atoms with Crippen molar-refractivity contribution in [1.29, 1.82) is 0 Å². The lowest BCUT2D eigenvalue weighted by Gasteiger charge is -2.04. The normalized spacial score (nSPS) is 11.4. The van der Waals surface area contributed by atoms with Gasteiger partial charge >= 0.3 is 0 Å². The van der Waals surface area contributed by atoms with Gasteiger partial charge in [-0.25, -0.2) is 8.42 Å². The Bertz CT molecular complexity index is 634. The van der Waals surface area contributed by atoms with Gasteiger partial charge in [-0.2, -0.15) is 0 Å². The smallest absolute Gasteiger partial charge is 0.263 e. The van der Waals surface area contributed by atoms with Crippen LogP contribution in [0.1, 0.15) is 10.6 Å². The second-order valence-corrected chi connectivity index (χ2v) is 6.37. The maximum absolute atomic E-state index is 12.0. The first-order valence-corrected chi connectivity index (χ1v) is 7.43. The molecule has 2 aromatic rings. The molecule has 1 heterocycles. The zero-order valence-electron chi connectivity index (χ0n) is 9.62. The Balaban J connectivity index is 2.24. The van der Waals surface area contributed by atoms with E-state index in [1.165, 1.54) is 0 Å². The van der Waals surface area contributed by atoms with Crippen LogP contribution in [0.4, 0.5) is 5.13 Å². The lowest BCUT2D eigenvalue weighted by atomic mass is 10.2. The van der Waals surface area contributed by atoms with E-state index in [4.69, 9.17) is 5.73 Å². The van der Waals surface area contributed by atoms with Crippen molar-refractivity contribution < 1.29 is 8.42 Å². The molecule has 0 fully saturated rings. The summed E-state index contributed by atoms with van der Waals surface area (Å²) in [6.45, 7) is 2.13. The third-order valence-electron chi connectivity index (χ3n) is 2.19. The predicted octanol–water partition coefficient (Wildman–Crippen LogP) is 1.11. The van der Waals surface area contributed by atoms with E-state index in [1.54, 1.807) is 24.3 Å². The van der Waals surface area contributed by atoms with E-state index in [-0.39, 0.29) is 16.6 Å².